The summed E-state index contributed by atoms with van der Waals surface area (Å²) in [5.74, 6) is -1.14. The molecule has 0 aliphatic carbocycles. The third kappa shape index (κ3) is 4.60. The molecule has 1 N–H and O–H groups in total. The van der Waals surface area contributed by atoms with Crippen molar-refractivity contribution in [1.29, 1.82) is 0 Å². The molecule has 3 heterocycles. The number of carbonyl (C=O) groups is 1. The summed E-state index contributed by atoms with van der Waals surface area (Å²) in [5.41, 5.74) is 0.908. The summed E-state index contributed by atoms with van der Waals surface area (Å²) >= 11 is 5.90. The van der Waals surface area contributed by atoms with Gasteiger partial charge in [0, 0.05) is 28.7 Å². The van der Waals surface area contributed by atoms with Crippen molar-refractivity contribution < 1.29 is 13.9 Å². The predicted octanol–water partition coefficient (Wildman–Crippen LogP) is 4.62. The lowest BCUT2D eigenvalue weighted by molar-refractivity contribution is 0.102. The monoisotopic (exact) mass is 481 g/mol. The van der Waals surface area contributed by atoms with Crippen LogP contribution in [0.1, 0.15) is 35.6 Å². The van der Waals surface area contributed by atoms with E-state index in [1.165, 1.54) is 29.1 Å². The molecule has 0 atom stereocenters. The van der Waals surface area contributed by atoms with Gasteiger partial charge in [0.05, 0.1) is 11.6 Å². The van der Waals surface area contributed by atoms with Gasteiger partial charge in [0.2, 0.25) is 11.3 Å². The number of fused-ring (bicyclic) bond motifs is 1. The van der Waals surface area contributed by atoms with Crippen LogP contribution in [-0.4, -0.2) is 31.8 Å². The van der Waals surface area contributed by atoms with Gasteiger partial charge in [0.1, 0.15) is 17.0 Å². The number of nitrogens with zero attached hydrogens (tertiary/aromatic N) is 4. The van der Waals surface area contributed by atoms with Crippen LogP contribution in [0.25, 0.3) is 16.7 Å². The van der Waals surface area contributed by atoms with E-state index >= 15 is 0 Å². The predicted molar refractivity (Wildman–Crippen MR) is 128 cm³/mol. The van der Waals surface area contributed by atoms with Crippen LogP contribution in [0.2, 0.25) is 5.02 Å². The molecular formula is C24H21ClFN5O3. The van der Waals surface area contributed by atoms with Crippen LogP contribution in [0.5, 0.6) is 5.88 Å². The zero-order valence-corrected chi connectivity index (χ0v) is 19.6. The van der Waals surface area contributed by atoms with Gasteiger partial charge in [-0.05, 0) is 63.6 Å². The lowest BCUT2D eigenvalue weighted by atomic mass is 10.1. The van der Waals surface area contributed by atoms with E-state index in [1.54, 1.807) is 19.1 Å². The number of benzene rings is 1. The minimum absolute atomic E-state index is 0.00356. The van der Waals surface area contributed by atoms with Gasteiger partial charge in [-0.2, -0.15) is 5.10 Å². The lowest BCUT2D eigenvalue weighted by Crippen LogP contribution is -2.28. The van der Waals surface area contributed by atoms with Crippen LogP contribution < -0.4 is 15.5 Å². The fraction of sp³-hybridized carbons (Fsp3) is 0.208. The van der Waals surface area contributed by atoms with Crippen molar-refractivity contribution in [3.63, 3.8) is 0 Å². The van der Waals surface area contributed by atoms with Crippen molar-refractivity contribution in [2.45, 2.75) is 33.8 Å². The molecule has 0 spiro atoms. The number of aryl methyl sites for hydroxylation is 2. The topological polar surface area (TPSA) is 99.0 Å². The van der Waals surface area contributed by atoms with Crippen LogP contribution in [-0.2, 0) is 0 Å². The molecule has 0 bridgehead atoms. The molecule has 0 aliphatic heterocycles. The molecule has 3 aromatic heterocycles. The minimum atomic E-state index is -0.781. The fourth-order valence-corrected chi connectivity index (χ4v) is 3.46. The second-order valence-electron chi connectivity index (χ2n) is 7.95. The Hall–Kier alpha value is -3.85. The van der Waals surface area contributed by atoms with Gasteiger partial charge in [-0.1, -0.05) is 11.6 Å². The van der Waals surface area contributed by atoms with Crippen molar-refractivity contribution in [3.8, 4) is 11.6 Å². The number of hydrogen-bond donors (Lipinski definition) is 1. The molecular weight excluding hydrogens is 461 g/mol. The summed E-state index contributed by atoms with van der Waals surface area (Å²) in [6.07, 6.45) is 1.36. The Labute approximate surface area is 199 Å². The third-order valence-electron chi connectivity index (χ3n) is 5.01. The Morgan fingerprint density at radius 3 is 2.65 bits per heavy atom. The summed E-state index contributed by atoms with van der Waals surface area (Å²) in [6.45, 7) is 7.26. The molecule has 0 aliphatic rings. The standard InChI is InChI=1S/C24H21ClFN5O3/c1-12(2)34-20-11-16(7-8-27-20)29-24(33)22-23(32)21-19(9-13(3)14(4)28-21)31(30-22)18-6-5-15(25)10-17(18)26/h5-12H,1-4H3,(H,27,29,33). The van der Waals surface area contributed by atoms with E-state index in [2.05, 4.69) is 20.4 Å². The molecule has 8 nitrogen and oxygen atoms in total. The summed E-state index contributed by atoms with van der Waals surface area (Å²) in [6, 6.07) is 8.80. The zero-order valence-electron chi connectivity index (χ0n) is 18.9. The van der Waals surface area contributed by atoms with Gasteiger partial charge >= 0.3 is 0 Å². The van der Waals surface area contributed by atoms with Gasteiger partial charge in [-0.25, -0.2) is 19.0 Å². The molecule has 0 unspecified atom stereocenters. The second kappa shape index (κ2) is 9.18. The number of hydrogen-bond acceptors (Lipinski definition) is 6. The van der Waals surface area contributed by atoms with E-state index in [0.717, 1.165) is 11.6 Å². The molecule has 0 saturated carbocycles. The first-order valence-corrected chi connectivity index (χ1v) is 10.8. The van der Waals surface area contributed by atoms with Gasteiger partial charge in [-0.3, -0.25) is 9.59 Å². The first-order valence-electron chi connectivity index (χ1n) is 10.4. The van der Waals surface area contributed by atoms with Crippen LogP contribution >= 0.6 is 11.6 Å². The molecule has 4 aromatic rings. The normalized spacial score (nSPS) is 11.1. The number of rotatable bonds is 5. The smallest absolute Gasteiger partial charge is 0.280 e. The molecule has 34 heavy (non-hydrogen) atoms. The maximum atomic E-state index is 14.8. The molecule has 0 fully saturated rings. The van der Waals surface area contributed by atoms with Crippen LogP contribution in [0.15, 0.2) is 47.4 Å². The lowest BCUT2D eigenvalue weighted by Gasteiger charge is -2.14. The van der Waals surface area contributed by atoms with Crippen molar-refractivity contribution in [1.82, 2.24) is 19.7 Å². The summed E-state index contributed by atoms with van der Waals surface area (Å²) in [7, 11) is 0. The highest BCUT2D eigenvalue weighted by Gasteiger charge is 2.22. The van der Waals surface area contributed by atoms with E-state index in [9.17, 15) is 14.0 Å². The Bertz CT molecular complexity index is 1490. The fourth-order valence-electron chi connectivity index (χ4n) is 3.30. The SMILES string of the molecule is Cc1cc2c(nc1C)c(=O)c(C(=O)Nc1ccnc(OC(C)C)c1)nn2-c1ccc(Cl)cc1F. The molecule has 10 heteroatoms. The molecule has 0 radical (unpaired) electrons. The maximum Gasteiger partial charge on any atom is 0.280 e. The number of halogens is 2. The van der Waals surface area contributed by atoms with Gasteiger partial charge in [-0.15, -0.1) is 0 Å². The number of pyridine rings is 2. The summed E-state index contributed by atoms with van der Waals surface area (Å²) < 4.78 is 21.5. The van der Waals surface area contributed by atoms with Crippen molar-refractivity contribution in [2.24, 2.45) is 0 Å². The number of carbonyl (C=O) groups excluding carboxylic acids is 1. The molecule has 1 amide bonds. The average Bonchev–Trinajstić information content (AvgIpc) is 2.76. The number of amides is 1. The van der Waals surface area contributed by atoms with E-state index in [0.29, 0.717) is 17.3 Å². The average molecular weight is 482 g/mol. The van der Waals surface area contributed by atoms with E-state index < -0.39 is 22.8 Å². The highest BCUT2D eigenvalue weighted by atomic mass is 35.5. The van der Waals surface area contributed by atoms with Crippen LogP contribution in [0.4, 0.5) is 10.1 Å². The summed E-state index contributed by atoms with van der Waals surface area (Å²) in [5, 5.41) is 7.05. The zero-order chi connectivity index (χ0) is 24.6. The Kier molecular flexibility index (Phi) is 6.30. The van der Waals surface area contributed by atoms with E-state index in [1.807, 2.05) is 20.8 Å². The number of ether oxygens (including phenoxy) is 1. The van der Waals surface area contributed by atoms with Gasteiger partial charge in [0.15, 0.2) is 5.69 Å². The number of anilines is 1. The number of nitrogens with one attached hydrogen (secondary N) is 1. The molecule has 0 saturated heterocycles. The Morgan fingerprint density at radius 2 is 1.94 bits per heavy atom. The van der Waals surface area contributed by atoms with Crippen molar-refractivity contribution in [3.05, 3.63) is 80.6 Å². The third-order valence-corrected chi connectivity index (χ3v) is 5.24. The second-order valence-corrected chi connectivity index (χ2v) is 8.38. The quantitative estimate of drug-likeness (QED) is 0.446. The van der Waals surface area contributed by atoms with Crippen LogP contribution in [0.3, 0.4) is 0 Å². The summed E-state index contributed by atoms with van der Waals surface area (Å²) in [4.78, 5) is 34.8. The van der Waals surface area contributed by atoms with Crippen molar-refractivity contribution >= 4 is 34.2 Å². The first kappa shape index (κ1) is 23.3. The molecule has 1 aromatic carbocycles. The van der Waals surface area contributed by atoms with Crippen LogP contribution in [0, 0.1) is 19.7 Å². The Morgan fingerprint density at radius 1 is 1.18 bits per heavy atom. The Balaban J connectivity index is 1.86. The van der Waals surface area contributed by atoms with E-state index in [4.69, 9.17) is 16.3 Å². The minimum Gasteiger partial charge on any atom is -0.475 e. The highest BCUT2D eigenvalue weighted by Crippen LogP contribution is 2.23. The first-order chi connectivity index (χ1) is 16.1. The largest absolute Gasteiger partial charge is 0.475 e. The number of aromatic nitrogens is 4. The van der Waals surface area contributed by atoms with Crippen molar-refractivity contribution in [2.75, 3.05) is 5.32 Å². The van der Waals surface area contributed by atoms with E-state index in [-0.39, 0.29) is 27.8 Å². The van der Waals surface area contributed by atoms with Gasteiger partial charge < -0.3 is 10.1 Å². The maximum absolute atomic E-state index is 14.8. The molecule has 174 valence electrons. The highest BCUT2D eigenvalue weighted by molar-refractivity contribution is 6.30. The molecule has 4 rings (SSSR count). The van der Waals surface area contributed by atoms with Gasteiger partial charge in [0.25, 0.3) is 5.91 Å².